The summed E-state index contributed by atoms with van der Waals surface area (Å²) in [5, 5.41) is 0. The highest BCUT2D eigenvalue weighted by Gasteiger charge is 2.18. The molecule has 28 heavy (non-hydrogen) atoms. The molecule has 1 heteroatoms. The van der Waals surface area contributed by atoms with Crippen molar-refractivity contribution in [2.24, 2.45) is 5.92 Å². The first-order valence-electron chi connectivity index (χ1n) is 11.6. The van der Waals surface area contributed by atoms with E-state index in [1.54, 1.807) is 11.1 Å². The number of benzene rings is 2. The van der Waals surface area contributed by atoms with E-state index in [2.05, 4.69) is 56.3 Å². The molecule has 1 unspecified atom stereocenters. The maximum Gasteiger partial charge on any atom is 0.119 e. The summed E-state index contributed by atoms with van der Waals surface area (Å²) in [6.07, 6.45) is 14.6. The fraction of sp³-hybridized carbons (Fsp3) is 0.556. The van der Waals surface area contributed by atoms with Crippen LogP contribution in [0.25, 0.3) is 11.1 Å². The second kappa shape index (κ2) is 11.3. The second-order valence-corrected chi connectivity index (χ2v) is 8.52. The molecule has 0 N–H and O–H groups in total. The van der Waals surface area contributed by atoms with Gasteiger partial charge in [-0.1, -0.05) is 89.1 Å². The van der Waals surface area contributed by atoms with E-state index in [0.29, 0.717) is 0 Å². The molecule has 2 aromatic carbocycles. The zero-order valence-corrected chi connectivity index (χ0v) is 18.0. The van der Waals surface area contributed by atoms with Gasteiger partial charge in [-0.25, -0.2) is 0 Å². The van der Waals surface area contributed by atoms with Crippen LogP contribution in [0.15, 0.2) is 42.5 Å². The molecule has 152 valence electrons. The lowest BCUT2D eigenvalue weighted by Gasteiger charge is -2.25. The molecule has 0 amide bonds. The van der Waals surface area contributed by atoms with Crippen LogP contribution in [0, 0.1) is 5.92 Å². The predicted molar refractivity (Wildman–Crippen MR) is 121 cm³/mol. The average Bonchev–Trinajstić information content (AvgIpc) is 2.74. The van der Waals surface area contributed by atoms with Gasteiger partial charge in [0.2, 0.25) is 0 Å². The molecule has 0 saturated heterocycles. The Kier molecular flexibility index (Phi) is 8.45. The van der Waals surface area contributed by atoms with Gasteiger partial charge in [-0.15, -0.1) is 0 Å². The molecule has 0 aromatic heterocycles. The van der Waals surface area contributed by atoms with E-state index in [0.717, 1.165) is 24.7 Å². The van der Waals surface area contributed by atoms with Gasteiger partial charge < -0.3 is 4.74 Å². The summed E-state index contributed by atoms with van der Waals surface area (Å²) in [7, 11) is 0. The quantitative estimate of drug-likeness (QED) is 0.360. The minimum atomic E-state index is 0.814. The summed E-state index contributed by atoms with van der Waals surface area (Å²) < 4.78 is 5.79. The third kappa shape index (κ3) is 6.12. The first kappa shape index (κ1) is 21.0. The smallest absolute Gasteiger partial charge is 0.119 e. The number of rotatable bonds is 11. The lowest BCUT2D eigenvalue weighted by Crippen LogP contribution is -2.14. The van der Waals surface area contributed by atoms with Gasteiger partial charge in [-0.3, -0.25) is 0 Å². The summed E-state index contributed by atoms with van der Waals surface area (Å²) in [6, 6.07) is 15.8. The molecule has 0 saturated carbocycles. The van der Waals surface area contributed by atoms with Gasteiger partial charge in [-0.05, 0) is 66.0 Å². The minimum absolute atomic E-state index is 0.814. The number of ether oxygens (including phenoxy) is 1. The molecular formula is C27H38O. The summed E-state index contributed by atoms with van der Waals surface area (Å²) in [5.41, 5.74) is 5.80. The molecule has 0 radical (unpaired) electrons. The molecule has 1 aliphatic rings. The fourth-order valence-corrected chi connectivity index (χ4v) is 4.37. The van der Waals surface area contributed by atoms with Crippen molar-refractivity contribution in [2.75, 3.05) is 6.61 Å². The molecule has 1 aliphatic carbocycles. The SMILES string of the molecule is CCCCCCCC1CCc2cc(-c3ccc(OCCCC)cc3)ccc2C1. The normalized spacial score (nSPS) is 16.0. The Bertz CT molecular complexity index is 701. The Morgan fingerprint density at radius 3 is 2.32 bits per heavy atom. The van der Waals surface area contributed by atoms with Crippen molar-refractivity contribution in [3.63, 3.8) is 0 Å². The van der Waals surface area contributed by atoms with Gasteiger partial charge in [0.05, 0.1) is 6.61 Å². The molecule has 1 nitrogen and oxygen atoms in total. The van der Waals surface area contributed by atoms with Crippen molar-refractivity contribution in [2.45, 2.75) is 84.5 Å². The van der Waals surface area contributed by atoms with Crippen LogP contribution in [0.2, 0.25) is 0 Å². The van der Waals surface area contributed by atoms with E-state index in [-0.39, 0.29) is 0 Å². The zero-order chi connectivity index (χ0) is 19.6. The van der Waals surface area contributed by atoms with Crippen molar-refractivity contribution in [3.8, 4) is 16.9 Å². The fourth-order valence-electron chi connectivity index (χ4n) is 4.37. The van der Waals surface area contributed by atoms with Gasteiger partial charge in [0.1, 0.15) is 5.75 Å². The minimum Gasteiger partial charge on any atom is -0.494 e. The van der Waals surface area contributed by atoms with Gasteiger partial charge in [0.15, 0.2) is 0 Å². The number of aryl methyl sites for hydroxylation is 1. The summed E-state index contributed by atoms with van der Waals surface area (Å²) in [5.74, 6) is 1.89. The maximum absolute atomic E-state index is 5.79. The monoisotopic (exact) mass is 378 g/mol. The van der Waals surface area contributed by atoms with Crippen molar-refractivity contribution in [1.82, 2.24) is 0 Å². The van der Waals surface area contributed by atoms with Gasteiger partial charge in [0.25, 0.3) is 0 Å². The summed E-state index contributed by atoms with van der Waals surface area (Å²) >= 11 is 0. The van der Waals surface area contributed by atoms with Crippen molar-refractivity contribution in [3.05, 3.63) is 53.6 Å². The number of fused-ring (bicyclic) bond motifs is 1. The van der Waals surface area contributed by atoms with Crippen molar-refractivity contribution in [1.29, 1.82) is 0 Å². The third-order valence-electron chi connectivity index (χ3n) is 6.21. The first-order chi connectivity index (χ1) is 13.8. The molecule has 2 aromatic rings. The molecule has 0 bridgehead atoms. The Labute approximate surface area is 172 Å². The highest BCUT2D eigenvalue weighted by atomic mass is 16.5. The molecular weight excluding hydrogens is 340 g/mol. The largest absolute Gasteiger partial charge is 0.494 e. The molecule has 0 heterocycles. The Morgan fingerprint density at radius 2 is 1.54 bits per heavy atom. The second-order valence-electron chi connectivity index (χ2n) is 8.52. The Morgan fingerprint density at radius 1 is 0.786 bits per heavy atom. The van der Waals surface area contributed by atoms with Gasteiger partial charge >= 0.3 is 0 Å². The van der Waals surface area contributed by atoms with Crippen LogP contribution in [0.5, 0.6) is 5.75 Å². The summed E-state index contributed by atoms with van der Waals surface area (Å²) in [6.45, 7) is 5.30. The number of hydrogen-bond acceptors (Lipinski definition) is 1. The molecule has 0 spiro atoms. The van der Waals surface area contributed by atoms with Crippen LogP contribution in [0.1, 0.15) is 82.8 Å². The van der Waals surface area contributed by atoms with E-state index in [1.165, 1.54) is 75.3 Å². The average molecular weight is 379 g/mol. The van der Waals surface area contributed by atoms with Crippen LogP contribution in [-0.4, -0.2) is 6.61 Å². The Hall–Kier alpha value is -1.76. The maximum atomic E-state index is 5.79. The van der Waals surface area contributed by atoms with E-state index < -0.39 is 0 Å². The third-order valence-corrected chi connectivity index (χ3v) is 6.21. The van der Waals surface area contributed by atoms with Crippen LogP contribution < -0.4 is 4.74 Å². The highest BCUT2D eigenvalue weighted by molar-refractivity contribution is 5.66. The topological polar surface area (TPSA) is 9.23 Å². The van der Waals surface area contributed by atoms with Gasteiger partial charge in [-0.2, -0.15) is 0 Å². The molecule has 0 aliphatic heterocycles. The van der Waals surface area contributed by atoms with Crippen molar-refractivity contribution < 1.29 is 4.74 Å². The van der Waals surface area contributed by atoms with Crippen LogP contribution in [0.3, 0.4) is 0 Å². The predicted octanol–water partition coefficient (Wildman–Crippen LogP) is 8.00. The van der Waals surface area contributed by atoms with Crippen LogP contribution in [0.4, 0.5) is 0 Å². The highest BCUT2D eigenvalue weighted by Crippen LogP contribution is 2.32. The lowest BCUT2D eigenvalue weighted by molar-refractivity contribution is 0.309. The number of hydrogen-bond donors (Lipinski definition) is 0. The van der Waals surface area contributed by atoms with E-state index in [9.17, 15) is 0 Å². The summed E-state index contributed by atoms with van der Waals surface area (Å²) in [4.78, 5) is 0. The van der Waals surface area contributed by atoms with Crippen LogP contribution in [-0.2, 0) is 12.8 Å². The van der Waals surface area contributed by atoms with E-state index in [1.807, 2.05) is 0 Å². The standard InChI is InChI=1S/C27H38O/c1-3-5-7-8-9-10-22-11-12-26-21-25(14-13-24(26)20-22)23-15-17-27(18-16-23)28-19-6-4-2/h13-18,21-22H,3-12,19-20H2,1-2H3. The molecule has 1 atom stereocenters. The Balaban J connectivity index is 1.54. The molecule has 3 rings (SSSR count). The molecule has 0 fully saturated rings. The van der Waals surface area contributed by atoms with Gasteiger partial charge in [0, 0.05) is 0 Å². The lowest BCUT2D eigenvalue weighted by atomic mass is 9.80. The van der Waals surface area contributed by atoms with Crippen LogP contribution >= 0.6 is 0 Å². The van der Waals surface area contributed by atoms with Crippen molar-refractivity contribution >= 4 is 0 Å². The first-order valence-corrected chi connectivity index (χ1v) is 11.6. The number of unbranched alkanes of at least 4 members (excludes halogenated alkanes) is 5. The van der Waals surface area contributed by atoms with E-state index in [4.69, 9.17) is 4.74 Å². The van der Waals surface area contributed by atoms with E-state index >= 15 is 0 Å². The zero-order valence-electron chi connectivity index (χ0n) is 18.0.